The summed E-state index contributed by atoms with van der Waals surface area (Å²) in [7, 11) is 3.65. The van der Waals surface area contributed by atoms with Crippen molar-refractivity contribution in [2.45, 2.75) is 69.9 Å². The Morgan fingerprint density at radius 2 is 2.03 bits per heavy atom. The predicted molar refractivity (Wildman–Crippen MR) is 138 cm³/mol. The molecule has 0 unspecified atom stereocenters. The van der Waals surface area contributed by atoms with Gasteiger partial charge in [0, 0.05) is 51.9 Å². The van der Waals surface area contributed by atoms with Crippen LogP contribution >= 0.6 is 0 Å². The molecule has 35 heavy (non-hydrogen) atoms. The van der Waals surface area contributed by atoms with Crippen molar-refractivity contribution in [1.29, 1.82) is 5.26 Å². The van der Waals surface area contributed by atoms with E-state index in [1.165, 1.54) is 32.1 Å². The van der Waals surface area contributed by atoms with Gasteiger partial charge in [-0.3, -0.25) is 0 Å². The van der Waals surface area contributed by atoms with Gasteiger partial charge in [-0.1, -0.05) is 44.2 Å². The van der Waals surface area contributed by atoms with Gasteiger partial charge in [-0.05, 0) is 56.3 Å². The fraction of sp³-hybridized carbons (Fsp3) is 0.714. The predicted octanol–water partition coefficient (Wildman–Crippen LogP) is 4.63. The van der Waals surface area contributed by atoms with Crippen molar-refractivity contribution in [2.24, 2.45) is 11.8 Å². The molecule has 1 aliphatic heterocycles. The highest BCUT2D eigenvalue weighted by Crippen LogP contribution is 2.34. The summed E-state index contributed by atoms with van der Waals surface area (Å²) in [5, 5.41) is 16.0. The van der Waals surface area contributed by atoms with Crippen LogP contribution in [0, 0.1) is 23.2 Å². The molecule has 2 fully saturated rings. The molecule has 1 aromatic rings. The van der Waals surface area contributed by atoms with Gasteiger partial charge >= 0.3 is 6.03 Å². The quantitative estimate of drug-likeness (QED) is 0.422. The standard InChI is InChI=1S/C28H44N4O3/c1-30-20-26(18-22-9-4-3-5-10-22)31-28(33)32-14-7-13-25(21-32)27(35-16-8-15-34-2)24-12-6-11-23(17-24)19-29/h6,11-12,17,22,25-27,30H,3-5,7-10,13-16,18,20-21H2,1-2H3,(H,31,33)/t25-,26+,27+/m1/s1. The summed E-state index contributed by atoms with van der Waals surface area (Å²) in [6.45, 7) is 3.47. The van der Waals surface area contributed by atoms with Gasteiger partial charge in [-0.25, -0.2) is 4.79 Å². The number of hydrogen-bond donors (Lipinski definition) is 2. The average molecular weight is 485 g/mol. The molecule has 0 spiro atoms. The van der Waals surface area contributed by atoms with E-state index in [9.17, 15) is 10.1 Å². The minimum absolute atomic E-state index is 0.0367. The molecule has 2 amide bonds. The zero-order valence-corrected chi connectivity index (χ0v) is 21.6. The largest absolute Gasteiger partial charge is 0.385 e. The number of benzene rings is 1. The van der Waals surface area contributed by atoms with Crippen LogP contribution < -0.4 is 10.6 Å². The zero-order valence-electron chi connectivity index (χ0n) is 21.6. The molecule has 3 atom stereocenters. The first kappa shape index (κ1) is 27.4. The van der Waals surface area contributed by atoms with Crippen LogP contribution in [-0.2, 0) is 9.47 Å². The lowest BCUT2D eigenvalue weighted by Crippen LogP contribution is -2.52. The Morgan fingerprint density at radius 3 is 2.77 bits per heavy atom. The number of nitrogens with one attached hydrogen (secondary N) is 2. The topological polar surface area (TPSA) is 86.6 Å². The molecule has 0 aromatic heterocycles. The van der Waals surface area contributed by atoms with E-state index in [4.69, 9.17) is 9.47 Å². The molecule has 0 bridgehead atoms. The molecule has 7 heteroatoms. The Hall–Kier alpha value is -2.14. The second-order valence-corrected chi connectivity index (χ2v) is 10.2. The van der Waals surface area contributed by atoms with E-state index in [-0.39, 0.29) is 24.1 Å². The molecule has 3 rings (SSSR count). The van der Waals surface area contributed by atoms with Crippen molar-refractivity contribution in [2.75, 3.05) is 47.0 Å². The van der Waals surface area contributed by atoms with E-state index < -0.39 is 0 Å². The van der Waals surface area contributed by atoms with Gasteiger partial charge in [0.1, 0.15) is 0 Å². The fourth-order valence-corrected chi connectivity index (χ4v) is 5.68. The lowest BCUT2D eigenvalue weighted by Gasteiger charge is -2.38. The van der Waals surface area contributed by atoms with Gasteiger partial charge in [-0.15, -0.1) is 0 Å². The lowest BCUT2D eigenvalue weighted by atomic mass is 9.85. The molecular weight excluding hydrogens is 440 g/mol. The van der Waals surface area contributed by atoms with E-state index in [1.54, 1.807) is 7.11 Å². The van der Waals surface area contributed by atoms with Crippen LogP contribution in [0.25, 0.3) is 0 Å². The minimum atomic E-state index is -0.147. The second-order valence-electron chi connectivity index (χ2n) is 10.2. The van der Waals surface area contributed by atoms with Crippen molar-refractivity contribution < 1.29 is 14.3 Å². The Morgan fingerprint density at radius 1 is 1.20 bits per heavy atom. The first-order chi connectivity index (χ1) is 17.1. The van der Waals surface area contributed by atoms with Crippen LogP contribution in [0.1, 0.15) is 75.0 Å². The van der Waals surface area contributed by atoms with Crippen molar-refractivity contribution in [3.8, 4) is 6.07 Å². The Bertz CT molecular complexity index is 806. The normalized spacial score (nSPS) is 20.7. The van der Waals surface area contributed by atoms with Gasteiger partial charge in [-0.2, -0.15) is 5.26 Å². The number of methoxy groups -OCH3 is 1. The third-order valence-corrected chi connectivity index (χ3v) is 7.43. The monoisotopic (exact) mass is 484 g/mol. The third kappa shape index (κ3) is 8.79. The maximum atomic E-state index is 13.3. The number of hydrogen-bond acceptors (Lipinski definition) is 5. The number of likely N-dealkylation sites (tertiary alicyclic amines) is 1. The fourth-order valence-electron chi connectivity index (χ4n) is 5.68. The number of nitrogens with zero attached hydrogens (tertiary/aromatic N) is 2. The summed E-state index contributed by atoms with van der Waals surface area (Å²) in [6, 6.07) is 10.1. The van der Waals surface area contributed by atoms with E-state index in [0.29, 0.717) is 31.2 Å². The number of piperidine rings is 1. The molecule has 1 aromatic carbocycles. The molecule has 1 aliphatic carbocycles. The van der Waals surface area contributed by atoms with Crippen molar-refractivity contribution in [3.05, 3.63) is 35.4 Å². The lowest BCUT2D eigenvalue weighted by molar-refractivity contribution is -0.0168. The summed E-state index contributed by atoms with van der Waals surface area (Å²) in [5.41, 5.74) is 1.65. The van der Waals surface area contributed by atoms with E-state index in [1.807, 2.05) is 36.2 Å². The maximum Gasteiger partial charge on any atom is 0.317 e. The third-order valence-electron chi connectivity index (χ3n) is 7.43. The highest BCUT2D eigenvalue weighted by molar-refractivity contribution is 5.74. The second kappa shape index (κ2) is 15.1. The molecule has 2 N–H and O–H groups in total. The number of nitriles is 1. The molecule has 7 nitrogen and oxygen atoms in total. The number of ether oxygens (including phenoxy) is 2. The van der Waals surface area contributed by atoms with Crippen LogP contribution in [0.5, 0.6) is 0 Å². The Balaban J connectivity index is 1.64. The number of carbonyl (C=O) groups excluding carboxylic acids is 1. The number of amides is 2. The molecule has 2 aliphatic rings. The van der Waals surface area contributed by atoms with E-state index in [0.717, 1.165) is 44.3 Å². The molecule has 0 radical (unpaired) electrons. The van der Waals surface area contributed by atoms with Gasteiger partial charge in [0.15, 0.2) is 0 Å². The van der Waals surface area contributed by atoms with Crippen molar-refractivity contribution in [1.82, 2.24) is 15.5 Å². The van der Waals surface area contributed by atoms with Crippen molar-refractivity contribution >= 4 is 6.03 Å². The van der Waals surface area contributed by atoms with Gasteiger partial charge in [0.2, 0.25) is 0 Å². The molecule has 194 valence electrons. The first-order valence-corrected chi connectivity index (χ1v) is 13.4. The molecule has 1 heterocycles. The number of rotatable bonds is 12. The number of carbonyl (C=O) groups is 1. The number of urea groups is 1. The SMILES string of the molecule is CNC[C@H](CC1CCCCC1)NC(=O)N1CCC[C@@H]([C@@H](OCCCOC)c2cccc(C#N)c2)C1. The van der Waals surface area contributed by atoms with Crippen LogP contribution in [-0.4, -0.2) is 64.0 Å². The van der Waals surface area contributed by atoms with Gasteiger partial charge < -0.3 is 25.0 Å². The van der Waals surface area contributed by atoms with Crippen LogP contribution in [0.15, 0.2) is 24.3 Å². The minimum Gasteiger partial charge on any atom is -0.385 e. The van der Waals surface area contributed by atoms with Crippen LogP contribution in [0.3, 0.4) is 0 Å². The van der Waals surface area contributed by atoms with Gasteiger partial charge in [0.25, 0.3) is 0 Å². The maximum absolute atomic E-state index is 13.3. The Labute approximate surface area is 211 Å². The first-order valence-electron chi connectivity index (χ1n) is 13.4. The molecular formula is C28H44N4O3. The van der Waals surface area contributed by atoms with E-state index in [2.05, 4.69) is 16.7 Å². The summed E-state index contributed by atoms with van der Waals surface area (Å²) in [6.07, 6.45) is 10.2. The zero-order chi connectivity index (χ0) is 24.9. The highest BCUT2D eigenvalue weighted by Gasteiger charge is 2.32. The van der Waals surface area contributed by atoms with E-state index >= 15 is 0 Å². The highest BCUT2D eigenvalue weighted by atomic mass is 16.5. The van der Waals surface area contributed by atoms with Crippen LogP contribution in [0.2, 0.25) is 0 Å². The van der Waals surface area contributed by atoms with Crippen molar-refractivity contribution in [3.63, 3.8) is 0 Å². The average Bonchev–Trinajstić information content (AvgIpc) is 2.89. The number of likely N-dealkylation sites (N-methyl/N-ethyl adjacent to an activating group) is 1. The van der Waals surface area contributed by atoms with Gasteiger partial charge in [0.05, 0.1) is 17.7 Å². The summed E-state index contributed by atoms with van der Waals surface area (Å²) < 4.78 is 11.5. The molecule has 1 saturated heterocycles. The summed E-state index contributed by atoms with van der Waals surface area (Å²) >= 11 is 0. The summed E-state index contributed by atoms with van der Waals surface area (Å²) in [5.74, 6) is 0.904. The molecule has 1 saturated carbocycles. The Kier molecular flexibility index (Phi) is 11.8. The smallest absolute Gasteiger partial charge is 0.317 e. The summed E-state index contributed by atoms with van der Waals surface area (Å²) in [4.78, 5) is 15.3. The van der Waals surface area contributed by atoms with Crippen LogP contribution in [0.4, 0.5) is 4.79 Å².